The number of halogens is 1. The third kappa shape index (κ3) is 6.79. The number of nitrogens with zero attached hydrogens (tertiary/aromatic N) is 6. The average molecular weight is 620 g/mol. The number of carbonyl (C=O) groups is 1. The van der Waals surface area contributed by atoms with Crippen LogP contribution in [0, 0.1) is 0 Å². The predicted octanol–water partition coefficient (Wildman–Crippen LogP) is 1.75. The molecule has 12 nitrogen and oxygen atoms in total. The van der Waals surface area contributed by atoms with E-state index in [0.29, 0.717) is 50.6 Å². The largest absolute Gasteiger partial charge is 0.357 e. The Morgan fingerprint density at radius 2 is 1.36 bits per heavy atom. The smallest absolute Gasteiger partial charge is 0.233 e. The number of nitrogens with two attached hydrogens (primary N) is 4. The van der Waals surface area contributed by atoms with Gasteiger partial charge in [0.05, 0.1) is 0 Å². The third-order valence-corrected chi connectivity index (χ3v) is 8.25. The molecular formula is C31H42ClN11O. The van der Waals surface area contributed by atoms with Gasteiger partial charge in [-0.2, -0.15) is 15.0 Å². The van der Waals surface area contributed by atoms with Gasteiger partial charge in [-0.05, 0) is 37.5 Å². The molecule has 2 saturated heterocycles. The fourth-order valence-corrected chi connectivity index (χ4v) is 6.43. The van der Waals surface area contributed by atoms with Crippen LogP contribution in [0.2, 0.25) is 0 Å². The van der Waals surface area contributed by atoms with Crippen molar-refractivity contribution in [3.05, 3.63) is 71.8 Å². The topological polar surface area (TPSA) is 182 Å². The van der Waals surface area contributed by atoms with E-state index in [2.05, 4.69) is 17.1 Å². The van der Waals surface area contributed by atoms with Gasteiger partial charge in [0.2, 0.25) is 17.8 Å². The van der Waals surface area contributed by atoms with Crippen LogP contribution in [0.3, 0.4) is 0 Å². The van der Waals surface area contributed by atoms with Crippen molar-refractivity contribution in [2.45, 2.75) is 50.0 Å². The van der Waals surface area contributed by atoms with Crippen molar-refractivity contribution in [2.75, 3.05) is 47.8 Å². The van der Waals surface area contributed by atoms with Gasteiger partial charge in [0.1, 0.15) is 6.04 Å². The van der Waals surface area contributed by atoms with E-state index in [1.54, 1.807) is 6.08 Å². The molecule has 9 N–H and O–H groups in total. The van der Waals surface area contributed by atoms with Gasteiger partial charge in [0, 0.05) is 79.9 Å². The van der Waals surface area contributed by atoms with Crippen LogP contribution in [0.5, 0.6) is 0 Å². The zero-order valence-corrected chi connectivity index (χ0v) is 25.7. The van der Waals surface area contributed by atoms with Crippen LogP contribution < -0.4 is 38.1 Å². The van der Waals surface area contributed by atoms with Gasteiger partial charge in [-0.25, -0.2) is 0 Å². The molecule has 0 bridgehead atoms. The van der Waals surface area contributed by atoms with Crippen LogP contribution in [-0.2, 0) is 4.79 Å². The third-order valence-electron chi connectivity index (χ3n) is 8.25. The quantitative estimate of drug-likeness (QED) is 0.259. The first-order valence-electron chi connectivity index (χ1n) is 15.0. The van der Waals surface area contributed by atoms with Crippen LogP contribution in [0.1, 0.15) is 36.9 Å². The molecule has 0 aliphatic carbocycles. The molecule has 2 aromatic carbocycles. The molecular weight excluding hydrogens is 578 g/mol. The minimum absolute atomic E-state index is 0. The summed E-state index contributed by atoms with van der Waals surface area (Å²) in [7, 11) is 0. The zero-order valence-electron chi connectivity index (χ0n) is 24.9. The Morgan fingerprint density at radius 3 is 1.91 bits per heavy atom. The van der Waals surface area contributed by atoms with Crippen LogP contribution >= 0.6 is 12.4 Å². The standard InChI is InChI=1S/C31H41N11O.ClH/c1-2-42-26(14-27(43)28(42)19-7-4-3-5-8-19)20-9-6-10-25(11-20)36-29-37-30(40-15-21(32)12-22(33)16-40)39-31(38-29)41-17-23(34)13-24(35)18-41;/h3-11,14,21-24,28H,2,12-13,15-18,32-35H2,1H3,(H,36,37,38,39);1H/t21-,22+,23-,24+,28?;. The summed E-state index contributed by atoms with van der Waals surface area (Å²) in [5, 5.41) is 3.39. The highest BCUT2D eigenvalue weighted by atomic mass is 35.5. The Hall–Kier alpha value is -3.81. The minimum Gasteiger partial charge on any atom is -0.357 e. The summed E-state index contributed by atoms with van der Waals surface area (Å²) >= 11 is 0. The summed E-state index contributed by atoms with van der Waals surface area (Å²) in [4.78, 5) is 33.7. The maximum absolute atomic E-state index is 13.2. The van der Waals surface area contributed by atoms with Crippen molar-refractivity contribution in [2.24, 2.45) is 22.9 Å². The van der Waals surface area contributed by atoms with Crippen molar-refractivity contribution >= 4 is 47.4 Å². The fraction of sp³-hybridized carbons (Fsp3) is 0.419. The first-order chi connectivity index (χ1) is 20.8. The lowest BCUT2D eigenvalue weighted by molar-refractivity contribution is -0.117. The highest BCUT2D eigenvalue weighted by Gasteiger charge is 2.34. The number of benzene rings is 2. The lowest BCUT2D eigenvalue weighted by Gasteiger charge is -2.37. The summed E-state index contributed by atoms with van der Waals surface area (Å²) in [6, 6.07) is 17.2. The van der Waals surface area contributed by atoms with Crippen LogP contribution in [-0.4, -0.2) is 82.5 Å². The summed E-state index contributed by atoms with van der Waals surface area (Å²) in [6.45, 7) is 5.15. The van der Waals surface area contributed by atoms with E-state index in [4.69, 9.17) is 37.9 Å². The van der Waals surface area contributed by atoms with E-state index in [0.717, 1.165) is 35.4 Å². The van der Waals surface area contributed by atoms with Gasteiger partial charge >= 0.3 is 0 Å². The Balaban J connectivity index is 0.00000384. The van der Waals surface area contributed by atoms with Crippen molar-refractivity contribution < 1.29 is 4.79 Å². The van der Waals surface area contributed by atoms with Crippen LogP contribution in [0.15, 0.2) is 60.7 Å². The number of aromatic nitrogens is 3. The van der Waals surface area contributed by atoms with E-state index >= 15 is 0 Å². The van der Waals surface area contributed by atoms with E-state index in [9.17, 15) is 4.79 Å². The number of nitrogens with one attached hydrogen (secondary N) is 1. The number of rotatable bonds is 7. The molecule has 0 amide bonds. The summed E-state index contributed by atoms with van der Waals surface area (Å²) < 4.78 is 0. The lowest BCUT2D eigenvalue weighted by Crippen LogP contribution is -2.54. The number of hydrogen-bond acceptors (Lipinski definition) is 12. The molecule has 234 valence electrons. The van der Waals surface area contributed by atoms with Gasteiger partial charge in [-0.1, -0.05) is 42.5 Å². The molecule has 5 atom stereocenters. The SMILES string of the molecule is CCN1C(c2cccc(Nc3nc(N4C[C@H](N)C[C@H](N)C4)nc(N4C[C@H](N)C[C@H](N)C4)n3)c2)=CC(=O)C1c1ccccc1.Cl. The van der Waals surface area contributed by atoms with Gasteiger partial charge < -0.3 is 43.0 Å². The number of likely N-dealkylation sites (N-methyl/N-ethyl adjacent to an activating group) is 1. The van der Waals surface area contributed by atoms with E-state index < -0.39 is 0 Å². The molecule has 13 heteroatoms. The molecule has 2 fully saturated rings. The van der Waals surface area contributed by atoms with Crippen molar-refractivity contribution in [1.82, 2.24) is 19.9 Å². The van der Waals surface area contributed by atoms with E-state index in [-0.39, 0.29) is 48.4 Å². The van der Waals surface area contributed by atoms with Gasteiger partial charge in [0.15, 0.2) is 5.78 Å². The normalized spacial score (nSPS) is 25.5. The molecule has 1 unspecified atom stereocenters. The van der Waals surface area contributed by atoms with Crippen LogP contribution in [0.25, 0.3) is 5.70 Å². The van der Waals surface area contributed by atoms with Crippen molar-refractivity contribution in [3.63, 3.8) is 0 Å². The van der Waals surface area contributed by atoms with Crippen molar-refractivity contribution in [3.8, 4) is 0 Å². The predicted molar refractivity (Wildman–Crippen MR) is 177 cm³/mol. The number of anilines is 4. The molecule has 3 aliphatic rings. The second-order valence-electron chi connectivity index (χ2n) is 11.8. The zero-order chi connectivity index (χ0) is 30.1. The number of hydrogen-bond donors (Lipinski definition) is 5. The van der Waals surface area contributed by atoms with E-state index in [1.807, 2.05) is 64.4 Å². The second kappa shape index (κ2) is 13.4. The van der Waals surface area contributed by atoms with E-state index in [1.165, 1.54) is 0 Å². The molecule has 3 aromatic rings. The van der Waals surface area contributed by atoms with Crippen LogP contribution in [0.4, 0.5) is 23.5 Å². The first-order valence-corrected chi connectivity index (χ1v) is 15.0. The second-order valence-corrected chi connectivity index (χ2v) is 11.8. The monoisotopic (exact) mass is 619 g/mol. The lowest BCUT2D eigenvalue weighted by atomic mass is 10.0. The number of piperidine rings is 2. The Bertz CT molecular complexity index is 1420. The highest BCUT2D eigenvalue weighted by molar-refractivity contribution is 6.05. The molecule has 4 heterocycles. The highest BCUT2D eigenvalue weighted by Crippen LogP contribution is 2.37. The summed E-state index contributed by atoms with van der Waals surface area (Å²) in [5.41, 5.74) is 28.8. The molecule has 6 rings (SSSR count). The van der Waals surface area contributed by atoms with Gasteiger partial charge in [0.25, 0.3) is 0 Å². The van der Waals surface area contributed by atoms with Crippen molar-refractivity contribution in [1.29, 1.82) is 0 Å². The van der Waals surface area contributed by atoms with Gasteiger partial charge in [-0.15, -0.1) is 12.4 Å². The minimum atomic E-state index is -0.337. The number of carbonyl (C=O) groups excluding carboxylic acids is 1. The Kier molecular flexibility index (Phi) is 9.66. The Morgan fingerprint density at radius 1 is 0.795 bits per heavy atom. The maximum atomic E-state index is 13.2. The molecule has 0 spiro atoms. The maximum Gasteiger partial charge on any atom is 0.233 e. The molecule has 0 radical (unpaired) electrons. The average Bonchev–Trinajstić information content (AvgIpc) is 3.32. The summed E-state index contributed by atoms with van der Waals surface area (Å²) in [5.74, 6) is 1.48. The number of ketones is 1. The molecule has 1 aromatic heterocycles. The first kappa shape index (κ1) is 31.6. The molecule has 3 aliphatic heterocycles. The molecule has 44 heavy (non-hydrogen) atoms. The fourth-order valence-electron chi connectivity index (χ4n) is 6.43. The summed E-state index contributed by atoms with van der Waals surface area (Å²) in [6.07, 6.45) is 3.24. The Labute approximate surface area is 264 Å². The molecule has 0 saturated carbocycles. The van der Waals surface area contributed by atoms with Gasteiger partial charge in [-0.3, -0.25) is 4.79 Å².